The molecule has 0 saturated carbocycles. The molecule has 2 heterocycles. The van der Waals surface area contributed by atoms with Crippen LogP contribution in [0.2, 0.25) is 0 Å². The van der Waals surface area contributed by atoms with Crippen LogP contribution in [0, 0.1) is 6.92 Å². The molecule has 2 aromatic heterocycles. The van der Waals surface area contributed by atoms with Crippen LogP contribution in [0.25, 0.3) is 37.2 Å². The molecule has 0 aliphatic heterocycles. The highest BCUT2D eigenvalue weighted by Gasteiger charge is 2.24. The fraction of sp³-hybridized carbons (Fsp3) is 0.0952. The van der Waals surface area contributed by atoms with Gasteiger partial charge in [0.1, 0.15) is 6.20 Å². The Balaban J connectivity index is 1.92. The summed E-state index contributed by atoms with van der Waals surface area (Å²) in [5, 5.41) is 2.62. The fourth-order valence-electron chi connectivity index (χ4n) is 3.67. The second-order valence-electron chi connectivity index (χ2n) is 6.27. The van der Waals surface area contributed by atoms with E-state index in [1.165, 1.54) is 42.8 Å². The van der Waals surface area contributed by atoms with E-state index >= 15 is 0 Å². The first-order chi connectivity index (χ1) is 11.7. The predicted octanol–water partition coefficient (Wildman–Crippen LogP) is 5.11. The normalized spacial score (nSPS) is 11.8. The van der Waals surface area contributed by atoms with Gasteiger partial charge in [0.15, 0.2) is 5.52 Å². The van der Waals surface area contributed by atoms with Crippen LogP contribution in [0.1, 0.15) is 5.56 Å². The monoisotopic (exact) mass is 329 g/mol. The second kappa shape index (κ2) is 4.92. The number of aryl methyl sites for hydroxylation is 2. The minimum absolute atomic E-state index is 1.24. The largest absolute Gasteiger partial charge is 0.295 e. The first-order valence-electron chi connectivity index (χ1n) is 8.11. The molecule has 116 valence electrons. The quantitative estimate of drug-likeness (QED) is 0.378. The summed E-state index contributed by atoms with van der Waals surface area (Å²) in [6.07, 6.45) is 2.23. The predicted molar refractivity (Wildman–Crippen MR) is 102 cm³/mol. The SMILES string of the molecule is Cc1c(-c2n3c(c[n+]2C)sc2ccccc23)ccc2ccccc12. The Labute approximate surface area is 144 Å². The van der Waals surface area contributed by atoms with E-state index in [9.17, 15) is 0 Å². The Bertz CT molecular complexity index is 1230. The van der Waals surface area contributed by atoms with E-state index in [2.05, 4.69) is 89.8 Å². The molecule has 0 aliphatic carbocycles. The van der Waals surface area contributed by atoms with Crippen LogP contribution in [-0.4, -0.2) is 4.40 Å². The van der Waals surface area contributed by atoms with Gasteiger partial charge in [-0.2, -0.15) is 4.40 Å². The van der Waals surface area contributed by atoms with Crippen molar-refractivity contribution in [2.24, 2.45) is 7.05 Å². The van der Waals surface area contributed by atoms with E-state index in [4.69, 9.17) is 0 Å². The van der Waals surface area contributed by atoms with Gasteiger partial charge in [0, 0.05) is 0 Å². The molecular weight excluding hydrogens is 312 g/mol. The summed E-state index contributed by atoms with van der Waals surface area (Å²) in [6.45, 7) is 2.23. The molecule has 0 unspecified atom stereocenters. The molecule has 0 radical (unpaired) electrons. The van der Waals surface area contributed by atoms with E-state index in [-0.39, 0.29) is 0 Å². The Hall–Kier alpha value is -2.65. The Kier molecular flexibility index (Phi) is 2.82. The van der Waals surface area contributed by atoms with Gasteiger partial charge in [-0.15, -0.1) is 0 Å². The number of rotatable bonds is 1. The van der Waals surface area contributed by atoms with Crippen molar-refractivity contribution in [2.75, 3.05) is 0 Å². The molecule has 0 spiro atoms. The van der Waals surface area contributed by atoms with E-state index in [1.54, 1.807) is 0 Å². The highest BCUT2D eigenvalue weighted by molar-refractivity contribution is 7.23. The Morgan fingerprint density at radius 1 is 0.917 bits per heavy atom. The summed E-state index contributed by atoms with van der Waals surface area (Å²) >= 11 is 1.84. The van der Waals surface area contributed by atoms with Gasteiger partial charge in [0.25, 0.3) is 5.82 Å². The topological polar surface area (TPSA) is 8.29 Å². The zero-order valence-corrected chi connectivity index (χ0v) is 14.5. The third-order valence-electron chi connectivity index (χ3n) is 4.83. The van der Waals surface area contributed by atoms with E-state index in [0.29, 0.717) is 0 Å². The molecule has 5 aromatic rings. The van der Waals surface area contributed by atoms with Crippen LogP contribution in [0.3, 0.4) is 0 Å². The van der Waals surface area contributed by atoms with Crippen LogP contribution in [0.4, 0.5) is 0 Å². The number of imidazole rings is 1. The van der Waals surface area contributed by atoms with Gasteiger partial charge in [0.2, 0.25) is 4.83 Å². The maximum Gasteiger partial charge on any atom is 0.295 e. The number of fused-ring (bicyclic) bond motifs is 4. The highest BCUT2D eigenvalue weighted by Crippen LogP contribution is 2.33. The summed E-state index contributed by atoms with van der Waals surface area (Å²) in [6, 6.07) is 21.7. The number of aromatic nitrogens is 2. The zero-order chi connectivity index (χ0) is 16.3. The van der Waals surface area contributed by atoms with Crippen molar-refractivity contribution in [1.82, 2.24) is 4.40 Å². The van der Waals surface area contributed by atoms with Gasteiger partial charge in [0.05, 0.1) is 17.3 Å². The molecule has 3 heteroatoms. The lowest BCUT2D eigenvalue weighted by atomic mass is 9.99. The summed E-state index contributed by atoms with van der Waals surface area (Å²) in [5.74, 6) is 1.24. The van der Waals surface area contributed by atoms with E-state index < -0.39 is 0 Å². The average molecular weight is 329 g/mol. The van der Waals surface area contributed by atoms with Gasteiger partial charge in [-0.25, -0.2) is 4.57 Å². The Morgan fingerprint density at radius 3 is 2.62 bits per heavy atom. The maximum absolute atomic E-state index is 2.39. The molecule has 3 aromatic carbocycles. The molecule has 5 rings (SSSR count). The van der Waals surface area contributed by atoms with E-state index in [0.717, 1.165) is 0 Å². The van der Waals surface area contributed by atoms with Crippen molar-refractivity contribution in [1.29, 1.82) is 0 Å². The molecule has 24 heavy (non-hydrogen) atoms. The lowest BCUT2D eigenvalue weighted by Crippen LogP contribution is -2.28. The molecule has 0 fully saturated rings. The third-order valence-corrected chi connectivity index (χ3v) is 5.89. The molecule has 0 amide bonds. The van der Waals surface area contributed by atoms with Crippen molar-refractivity contribution in [3.63, 3.8) is 0 Å². The number of benzene rings is 3. The van der Waals surface area contributed by atoms with Crippen LogP contribution in [0.5, 0.6) is 0 Å². The number of para-hydroxylation sites is 1. The van der Waals surface area contributed by atoms with Crippen molar-refractivity contribution in [3.05, 3.63) is 72.4 Å². The van der Waals surface area contributed by atoms with Crippen LogP contribution >= 0.6 is 11.3 Å². The summed E-state index contributed by atoms with van der Waals surface area (Å²) < 4.78 is 5.96. The number of hydrogen-bond acceptors (Lipinski definition) is 1. The standard InChI is InChI=1S/C21H17N2S/c1-14-16-8-4-3-7-15(16)11-12-17(14)21-22(2)13-20-23(21)18-9-5-6-10-19(18)24-20/h3-13H,1-2H3/q+1. The molecule has 0 atom stereocenters. The number of thiazole rings is 1. The van der Waals surface area contributed by atoms with Crippen molar-refractivity contribution >= 4 is 37.2 Å². The fourth-order valence-corrected chi connectivity index (χ4v) is 4.79. The second-order valence-corrected chi connectivity index (χ2v) is 7.33. The summed E-state index contributed by atoms with van der Waals surface area (Å²) in [4.78, 5) is 1.28. The first kappa shape index (κ1) is 13.8. The van der Waals surface area contributed by atoms with Crippen molar-refractivity contribution < 1.29 is 4.57 Å². The minimum Gasteiger partial charge on any atom is -0.231 e. The number of hydrogen-bond donors (Lipinski definition) is 0. The third kappa shape index (κ3) is 1.79. The van der Waals surface area contributed by atoms with Crippen molar-refractivity contribution in [2.45, 2.75) is 6.92 Å². The summed E-state index contributed by atoms with van der Waals surface area (Å²) in [5.41, 5.74) is 3.90. The lowest BCUT2D eigenvalue weighted by Gasteiger charge is -2.07. The Morgan fingerprint density at radius 2 is 1.71 bits per heavy atom. The molecule has 2 nitrogen and oxygen atoms in total. The van der Waals surface area contributed by atoms with Gasteiger partial charge >= 0.3 is 0 Å². The van der Waals surface area contributed by atoms with Crippen LogP contribution in [-0.2, 0) is 7.05 Å². The highest BCUT2D eigenvalue weighted by atomic mass is 32.1. The zero-order valence-electron chi connectivity index (χ0n) is 13.7. The van der Waals surface area contributed by atoms with Crippen LogP contribution < -0.4 is 4.57 Å². The van der Waals surface area contributed by atoms with Crippen molar-refractivity contribution in [3.8, 4) is 11.4 Å². The molecule has 0 bridgehead atoms. The molecule has 0 saturated heterocycles. The molecule has 0 N–H and O–H groups in total. The van der Waals surface area contributed by atoms with Gasteiger partial charge in [-0.3, -0.25) is 0 Å². The lowest BCUT2D eigenvalue weighted by molar-refractivity contribution is -0.658. The van der Waals surface area contributed by atoms with E-state index in [1.807, 2.05) is 11.3 Å². The van der Waals surface area contributed by atoms with Gasteiger partial charge in [-0.05, 0) is 41.5 Å². The van der Waals surface area contributed by atoms with Gasteiger partial charge in [-0.1, -0.05) is 53.8 Å². The molecule has 0 aliphatic rings. The average Bonchev–Trinajstić information content (AvgIpc) is 3.10. The maximum atomic E-state index is 2.39. The van der Waals surface area contributed by atoms with Gasteiger partial charge < -0.3 is 0 Å². The minimum atomic E-state index is 1.24. The smallest absolute Gasteiger partial charge is 0.231 e. The summed E-state index contributed by atoms with van der Waals surface area (Å²) in [7, 11) is 2.14. The van der Waals surface area contributed by atoms with Crippen LogP contribution in [0.15, 0.2) is 66.9 Å². The molecular formula is C21H17N2S+. The first-order valence-corrected chi connectivity index (χ1v) is 8.93. The number of nitrogens with zero attached hydrogens (tertiary/aromatic N) is 2.